The van der Waals surface area contributed by atoms with Crippen molar-refractivity contribution in [3.05, 3.63) is 152 Å². The Bertz CT molecular complexity index is 1850. The van der Waals surface area contributed by atoms with E-state index in [0.29, 0.717) is 0 Å². The molecular formula is C37H26N2. The summed E-state index contributed by atoms with van der Waals surface area (Å²) in [6.45, 7) is 4.12. The maximum Gasteiger partial charge on any atom is 0.0715 e. The van der Waals surface area contributed by atoms with Gasteiger partial charge in [0.05, 0.1) is 22.4 Å². The Morgan fingerprint density at radius 3 is 1.51 bits per heavy atom. The van der Waals surface area contributed by atoms with Gasteiger partial charge in [0.25, 0.3) is 0 Å². The van der Waals surface area contributed by atoms with Gasteiger partial charge in [0, 0.05) is 27.6 Å². The molecule has 39 heavy (non-hydrogen) atoms. The number of fused-ring (bicyclic) bond motifs is 3. The Hall–Kier alpha value is -5.21. The Morgan fingerprint density at radius 1 is 0.487 bits per heavy atom. The van der Waals surface area contributed by atoms with Crippen LogP contribution in [-0.4, -0.2) is 9.55 Å². The maximum atomic E-state index is 5.07. The second-order valence-corrected chi connectivity index (χ2v) is 9.75. The van der Waals surface area contributed by atoms with Crippen molar-refractivity contribution < 1.29 is 0 Å². The van der Waals surface area contributed by atoms with E-state index in [2.05, 4.69) is 139 Å². The molecule has 0 unspecified atom stereocenters. The molecule has 0 aliphatic heterocycles. The van der Waals surface area contributed by atoms with Crippen molar-refractivity contribution in [2.24, 2.45) is 0 Å². The molecule has 2 nitrogen and oxygen atoms in total. The monoisotopic (exact) mass is 498 g/mol. The molecule has 0 amide bonds. The highest BCUT2D eigenvalue weighted by Crippen LogP contribution is 2.36. The van der Waals surface area contributed by atoms with E-state index in [-0.39, 0.29) is 0 Å². The van der Waals surface area contributed by atoms with E-state index in [1.807, 2.05) is 18.2 Å². The summed E-state index contributed by atoms with van der Waals surface area (Å²) in [5.74, 6) is 0. The van der Waals surface area contributed by atoms with Gasteiger partial charge in [0.15, 0.2) is 0 Å². The molecule has 0 bridgehead atoms. The highest BCUT2D eigenvalue weighted by Gasteiger charge is 2.14. The zero-order valence-electron chi connectivity index (χ0n) is 21.5. The van der Waals surface area contributed by atoms with Gasteiger partial charge >= 0.3 is 0 Å². The third-order valence-electron chi connectivity index (χ3n) is 7.31. The van der Waals surface area contributed by atoms with Gasteiger partial charge in [-0.25, -0.2) is 4.98 Å². The van der Waals surface area contributed by atoms with Crippen molar-refractivity contribution in [1.29, 1.82) is 0 Å². The van der Waals surface area contributed by atoms with Crippen LogP contribution in [0, 0.1) is 0 Å². The SMILES string of the molecule is C=Cc1cc(-c2cc(-c3ccccc3)nc(-c3ccccc3)c2)cc(-n2c3ccccc3c3ccccc32)c1. The van der Waals surface area contributed by atoms with Gasteiger partial charge in [-0.1, -0.05) is 110 Å². The summed E-state index contributed by atoms with van der Waals surface area (Å²) >= 11 is 0. The number of para-hydroxylation sites is 2. The fourth-order valence-corrected chi connectivity index (χ4v) is 5.46. The first kappa shape index (κ1) is 22.9. The fraction of sp³-hybridized carbons (Fsp3) is 0. The molecule has 5 aromatic carbocycles. The smallest absolute Gasteiger partial charge is 0.0715 e. The van der Waals surface area contributed by atoms with E-state index in [1.165, 1.54) is 21.8 Å². The van der Waals surface area contributed by atoms with Gasteiger partial charge in [0.1, 0.15) is 0 Å². The average Bonchev–Trinajstić information content (AvgIpc) is 3.36. The number of nitrogens with zero attached hydrogens (tertiary/aromatic N) is 2. The van der Waals surface area contributed by atoms with E-state index in [0.717, 1.165) is 44.9 Å². The lowest BCUT2D eigenvalue weighted by molar-refractivity contribution is 1.18. The highest BCUT2D eigenvalue weighted by molar-refractivity contribution is 6.09. The first-order valence-corrected chi connectivity index (χ1v) is 13.2. The molecule has 0 saturated carbocycles. The van der Waals surface area contributed by atoms with Gasteiger partial charge in [-0.3, -0.25) is 0 Å². The van der Waals surface area contributed by atoms with E-state index < -0.39 is 0 Å². The topological polar surface area (TPSA) is 17.8 Å². The predicted octanol–water partition coefficient (Wildman–Crippen LogP) is 9.82. The summed E-state index contributed by atoms with van der Waals surface area (Å²) in [4.78, 5) is 5.07. The van der Waals surface area contributed by atoms with Crippen LogP contribution in [0.1, 0.15) is 5.56 Å². The van der Waals surface area contributed by atoms with Gasteiger partial charge in [-0.15, -0.1) is 0 Å². The molecule has 7 aromatic rings. The number of benzene rings is 5. The molecule has 184 valence electrons. The van der Waals surface area contributed by atoms with Crippen molar-refractivity contribution >= 4 is 27.9 Å². The van der Waals surface area contributed by atoms with Gasteiger partial charge in [-0.2, -0.15) is 0 Å². The van der Waals surface area contributed by atoms with Crippen LogP contribution in [0.3, 0.4) is 0 Å². The van der Waals surface area contributed by atoms with Crippen LogP contribution in [0.2, 0.25) is 0 Å². The number of hydrogen-bond acceptors (Lipinski definition) is 1. The van der Waals surface area contributed by atoms with Crippen LogP contribution < -0.4 is 0 Å². The Labute approximate surface area is 228 Å². The third-order valence-corrected chi connectivity index (χ3v) is 7.31. The highest BCUT2D eigenvalue weighted by atomic mass is 15.0. The van der Waals surface area contributed by atoms with Crippen LogP contribution in [0.25, 0.3) is 67.2 Å². The normalized spacial score (nSPS) is 11.2. The van der Waals surface area contributed by atoms with Crippen LogP contribution in [-0.2, 0) is 0 Å². The number of pyridine rings is 1. The molecule has 0 radical (unpaired) electrons. The van der Waals surface area contributed by atoms with Crippen molar-refractivity contribution in [3.8, 4) is 39.3 Å². The molecule has 7 rings (SSSR count). The minimum atomic E-state index is 0.953. The maximum absolute atomic E-state index is 5.07. The molecule has 2 heteroatoms. The number of aromatic nitrogens is 2. The van der Waals surface area contributed by atoms with Crippen LogP contribution in [0.4, 0.5) is 0 Å². The first-order valence-electron chi connectivity index (χ1n) is 13.2. The predicted molar refractivity (Wildman–Crippen MR) is 165 cm³/mol. The van der Waals surface area contributed by atoms with Crippen LogP contribution >= 0.6 is 0 Å². The molecule has 2 heterocycles. The second kappa shape index (κ2) is 9.59. The van der Waals surface area contributed by atoms with Gasteiger partial charge in [-0.05, 0) is 59.2 Å². The first-order chi connectivity index (χ1) is 19.3. The van der Waals surface area contributed by atoms with E-state index in [1.54, 1.807) is 0 Å². The molecule has 0 spiro atoms. The fourth-order valence-electron chi connectivity index (χ4n) is 5.46. The lowest BCUT2D eigenvalue weighted by Crippen LogP contribution is -1.96. The van der Waals surface area contributed by atoms with Crippen LogP contribution in [0.15, 0.2) is 146 Å². The minimum Gasteiger partial charge on any atom is -0.309 e. The summed E-state index contributed by atoms with van der Waals surface area (Å²) in [6, 6.07) is 49.1. The van der Waals surface area contributed by atoms with Gasteiger partial charge in [0.2, 0.25) is 0 Å². The molecule has 0 fully saturated rings. The van der Waals surface area contributed by atoms with Crippen molar-refractivity contribution in [2.45, 2.75) is 0 Å². The van der Waals surface area contributed by atoms with E-state index in [4.69, 9.17) is 4.98 Å². The zero-order valence-corrected chi connectivity index (χ0v) is 21.5. The number of hydrogen-bond donors (Lipinski definition) is 0. The van der Waals surface area contributed by atoms with Crippen molar-refractivity contribution in [3.63, 3.8) is 0 Å². The third kappa shape index (κ3) is 4.13. The lowest BCUT2D eigenvalue weighted by atomic mass is 9.98. The summed E-state index contributed by atoms with van der Waals surface area (Å²) in [5.41, 5.74) is 10.9. The molecule has 0 aliphatic rings. The molecule has 2 aromatic heterocycles. The van der Waals surface area contributed by atoms with Crippen molar-refractivity contribution in [2.75, 3.05) is 0 Å². The molecule has 0 N–H and O–H groups in total. The Morgan fingerprint density at radius 2 is 0.974 bits per heavy atom. The largest absolute Gasteiger partial charge is 0.309 e. The summed E-state index contributed by atoms with van der Waals surface area (Å²) in [5, 5.41) is 2.50. The van der Waals surface area contributed by atoms with Crippen LogP contribution in [0.5, 0.6) is 0 Å². The molecule has 0 saturated heterocycles. The Kier molecular flexibility index (Phi) is 5.64. The summed E-state index contributed by atoms with van der Waals surface area (Å²) in [7, 11) is 0. The molecular weight excluding hydrogens is 472 g/mol. The number of rotatable bonds is 5. The second-order valence-electron chi connectivity index (χ2n) is 9.75. The Balaban J connectivity index is 1.48. The average molecular weight is 499 g/mol. The standard InChI is InChI=1S/C37H26N2/c1-2-26-21-29(23-31(22-26)39-36-19-11-9-17-32(36)33-18-10-12-20-37(33)39)30-24-34(27-13-5-3-6-14-27)38-35(25-30)28-15-7-4-8-16-28/h2-25H,1H2. The minimum absolute atomic E-state index is 0.953. The molecule has 0 atom stereocenters. The molecule has 0 aliphatic carbocycles. The lowest BCUT2D eigenvalue weighted by Gasteiger charge is -2.14. The quantitative estimate of drug-likeness (QED) is 0.231. The van der Waals surface area contributed by atoms with Gasteiger partial charge < -0.3 is 4.57 Å². The zero-order chi connectivity index (χ0) is 26.2. The van der Waals surface area contributed by atoms with E-state index in [9.17, 15) is 0 Å². The summed E-state index contributed by atoms with van der Waals surface area (Å²) in [6.07, 6.45) is 1.93. The van der Waals surface area contributed by atoms with E-state index >= 15 is 0 Å². The summed E-state index contributed by atoms with van der Waals surface area (Å²) < 4.78 is 2.36. The van der Waals surface area contributed by atoms with Crippen molar-refractivity contribution in [1.82, 2.24) is 9.55 Å².